The van der Waals surface area contributed by atoms with E-state index in [-0.39, 0.29) is 24.4 Å². The van der Waals surface area contributed by atoms with Crippen LogP contribution in [0.3, 0.4) is 0 Å². The molecule has 0 fully saturated rings. The smallest absolute Gasteiger partial charge is 0.234 e. The molecule has 1 atom stereocenters. The van der Waals surface area contributed by atoms with E-state index in [0.717, 1.165) is 16.7 Å². The highest BCUT2D eigenvalue weighted by molar-refractivity contribution is 5.85. The van der Waals surface area contributed by atoms with Gasteiger partial charge in [-0.2, -0.15) is 0 Å². The maximum absolute atomic E-state index is 11.4. The number of fused-ring (bicyclic) bond motifs is 1. The molecule has 0 spiro atoms. The fourth-order valence-corrected chi connectivity index (χ4v) is 1.74. The van der Waals surface area contributed by atoms with Gasteiger partial charge < -0.3 is 15.1 Å². The van der Waals surface area contributed by atoms with Gasteiger partial charge in [-0.1, -0.05) is 18.2 Å². The molecule has 98 valence electrons. The van der Waals surface area contributed by atoms with Crippen molar-refractivity contribution in [3.8, 4) is 0 Å². The number of hydrogen-bond acceptors (Lipinski definition) is 3. The third-order valence-corrected chi connectivity index (χ3v) is 2.59. The number of carbonyl (C=O) groups excluding carboxylic acids is 1. The van der Waals surface area contributed by atoms with Gasteiger partial charge in [0.25, 0.3) is 0 Å². The first kappa shape index (κ1) is 14.5. The number of nitrogens with one attached hydrogen (secondary N) is 2. The molecule has 0 aliphatic carbocycles. The Labute approximate surface area is 112 Å². The van der Waals surface area contributed by atoms with E-state index in [0.29, 0.717) is 6.54 Å². The number of para-hydroxylation sites is 1. The molecule has 2 rings (SSSR count). The quantitative estimate of drug-likeness (QED) is 0.894. The first-order chi connectivity index (χ1) is 8.20. The third kappa shape index (κ3) is 3.24. The summed E-state index contributed by atoms with van der Waals surface area (Å²) in [6.45, 7) is 2.22. The minimum absolute atomic E-state index is 0. The SMILES string of the molecule is CNCC(=O)NC(C)c1cc2ccccc2o1.Cl. The topological polar surface area (TPSA) is 54.3 Å². The molecular weight excluding hydrogens is 252 g/mol. The average molecular weight is 269 g/mol. The van der Waals surface area contributed by atoms with Crippen LogP contribution in [0.1, 0.15) is 18.7 Å². The van der Waals surface area contributed by atoms with E-state index in [1.807, 2.05) is 37.3 Å². The number of hydrogen-bond donors (Lipinski definition) is 2. The molecule has 0 aliphatic heterocycles. The van der Waals surface area contributed by atoms with Crippen LogP contribution in [-0.4, -0.2) is 19.5 Å². The minimum Gasteiger partial charge on any atom is -0.459 e. The van der Waals surface area contributed by atoms with Crippen molar-refractivity contribution in [2.75, 3.05) is 13.6 Å². The Bertz CT molecular complexity index is 491. The molecule has 1 aromatic carbocycles. The Hall–Kier alpha value is -1.52. The zero-order valence-corrected chi connectivity index (χ0v) is 11.2. The molecular formula is C13H17ClN2O2. The van der Waals surface area contributed by atoms with Crippen molar-refractivity contribution in [3.63, 3.8) is 0 Å². The maximum atomic E-state index is 11.4. The second kappa shape index (κ2) is 6.42. The van der Waals surface area contributed by atoms with Crippen LogP contribution in [0, 0.1) is 0 Å². The predicted molar refractivity (Wildman–Crippen MR) is 73.9 cm³/mol. The van der Waals surface area contributed by atoms with Crippen molar-refractivity contribution in [2.45, 2.75) is 13.0 Å². The van der Waals surface area contributed by atoms with Crippen LogP contribution in [0.15, 0.2) is 34.7 Å². The summed E-state index contributed by atoms with van der Waals surface area (Å²) >= 11 is 0. The standard InChI is InChI=1S/C13H16N2O2.ClH/c1-9(15-13(16)8-14-2)12-7-10-5-3-4-6-11(10)17-12;/h3-7,9,14H,8H2,1-2H3,(H,15,16);1H. The molecule has 5 heteroatoms. The lowest BCUT2D eigenvalue weighted by Gasteiger charge is -2.10. The lowest BCUT2D eigenvalue weighted by molar-refractivity contribution is -0.120. The number of benzene rings is 1. The molecule has 4 nitrogen and oxygen atoms in total. The lowest BCUT2D eigenvalue weighted by Crippen LogP contribution is -2.33. The summed E-state index contributed by atoms with van der Waals surface area (Å²) in [5.41, 5.74) is 0.845. The van der Waals surface area contributed by atoms with Crippen LogP contribution in [0.25, 0.3) is 11.0 Å². The van der Waals surface area contributed by atoms with Crippen molar-refractivity contribution < 1.29 is 9.21 Å². The van der Waals surface area contributed by atoms with E-state index in [1.54, 1.807) is 7.05 Å². The predicted octanol–water partition coefficient (Wildman–Crippen LogP) is 2.25. The summed E-state index contributed by atoms with van der Waals surface area (Å²) in [7, 11) is 1.74. The Morgan fingerprint density at radius 3 is 2.78 bits per heavy atom. The Balaban J connectivity index is 0.00000162. The van der Waals surface area contributed by atoms with E-state index >= 15 is 0 Å². The van der Waals surface area contributed by atoms with Crippen molar-refractivity contribution in [3.05, 3.63) is 36.1 Å². The summed E-state index contributed by atoms with van der Waals surface area (Å²) in [5, 5.41) is 6.72. The van der Waals surface area contributed by atoms with Gasteiger partial charge >= 0.3 is 0 Å². The average Bonchev–Trinajstić information content (AvgIpc) is 2.72. The molecule has 0 saturated heterocycles. The van der Waals surface area contributed by atoms with Gasteiger partial charge in [-0.05, 0) is 26.1 Å². The van der Waals surface area contributed by atoms with Gasteiger partial charge in [-0.25, -0.2) is 0 Å². The van der Waals surface area contributed by atoms with Crippen molar-refractivity contribution in [1.82, 2.24) is 10.6 Å². The summed E-state index contributed by atoms with van der Waals surface area (Å²) in [4.78, 5) is 11.4. The van der Waals surface area contributed by atoms with Crippen molar-refractivity contribution in [2.24, 2.45) is 0 Å². The molecule has 1 amide bonds. The first-order valence-corrected chi connectivity index (χ1v) is 5.63. The fraction of sp³-hybridized carbons (Fsp3) is 0.308. The van der Waals surface area contributed by atoms with Crippen molar-refractivity contribution in [1.29, 1.82) is 0 Å². The normalized spacial score (nSPS) is 11.9. The molecule has 2 aromatic rings. The van der Waals surface area contributed by atoms with Gasteiger partial charge in [0.1, 0.15) is 11.3 Å². The number of furan rings is 1. The molecule has 0 aliphatic rings. The second-order valence-corrected chi connectivity index (χ2v) is 4.01. The number of likely N-dealkylation sites (N-methyl/N-ethyl adjacent to an activating group) is 1. The van der Waals surface area contributed by atoms with Crippen LogP contribution >= 0.6 is 12.4 Å². The largest absolute Gasteiger partial charge is 0.459 e. The summed E-state index contributed by atoms with van der Waals surface area (Å²) < 4.78 is 5.67. The molecule has 0 saturated carbocycles. The highest BCUT2D eigenvalue weighted by Gasteiger charge is 2.13. The van der Waals surface area contributed by atoms with Crippen LogP contribution < -0.4 is 10.6 Å². The highest BCUT2D eigenvalue weighted by Crippen LogP contribution is 2.23. The Morgan fingerprint density at radius 2 is 2.11 bits per heavy atom. The minimum atomic E-state index is -0.122. The molecule has 0 bridgehead atoms. The maximum Gasteiger partial charge on any atom is 0.234 e. The molecule has 1 unspecified atom stereocenters. The fourth-order valence-electron chi connectivity index (χ4n) is 1.74. The van der Waals surface area contributed by atoms with Gasteiger partial charge in [0.05, 0.1) is 12.6 Å². The van der Waals surface area contributed by atoms with Gasteiger partial charge in [0.2, 0.25) is 5.91 Å². The lowest BCUT2D eigenvalue weighted by atomic mass is 10.2. The monoisotopic (exact) mass is 268 g/mol. The number of rotatable bonds is 4. The summed E-state index contributed by atoms with van der Waals surface area (Å²) in [6, 6.07) is 9.64. The number of amides is 1. The molecule has 2 N–H and O–H groups in total. The van der Waals surface area contributed by atoms with Crippen molar-refractivity contribution >= 4 is 29.3 Å². The van der Waals surface area contributed by atoms with E-state index in [4.69, 9.17) is 4.42 Å². The molecule has 1 aromatic heterocycles. The van der Waals surface area contributed by atoms with E-state index in [2.05, 4.69) is 10.6 Å². The van der Waals surface area contributed by atoms with Gasteiger partial charge in [0, 0.05) is 5.39 Å². The zero-order chi connectivity index (χ0) is 12.3. The van der Waals surface area contributed by atoms with Crippen LogP contribution in [0.4, 0.5) is 0 Å². The Morgan fingerprint density at radius 1 is 1.39 bits per heavy atom. The van der Waals surface area contributed by atoms with E-state index in [9.17, 15) is 4.79 Å². The third-order valence-electron chi connectivity index (χ3n) is 2.59. The summed E-state index contributed by atoms with van der Waals surface area (Å²) in [6.07, 6.45) is 0. The number of halogens is 1. The highest BCUT2D eigenvalue weighted by atomic mass is 35.5. The zero-order valence-electron chi connectivity index (χ0n) is 10.4. The van der Waals surface area contributed by atoms with Crippen LogP contribution in [0.2, 0.25) is 0 Å². The van der Waals surface area contributed by atoms with Gasteiger partial charge in [-0.3, -0.25) is 4.79 Å². The first-order valence-electron chi connectivity index (χ1n) is 5.63. The van der Waals surface area contributed by atoms with E-state index < -0.39 is 0 Å². The molecule has 0 radical (unpaired) electrons. The Kier molecular flexibility index (Phi) is 5.19. The second-order valence-electron chi connectivity index (χ2n) is 4.01. The van der Waals surface area contributed by atoms with Crippen LogP contribution in [0.5, 0.6) is 0 Å². The van der Waals surface area contributed by atoms with E-state index in [1.165, 1.54) is 0 Å². The molecule has 1 heterocycles. The summed E-state index contributed by atoms with van der Waals surface area (Å²) in [5.74, 6) is 0.733. The molecule has 18 heavy (non-hydrogen) atoms. The number of carbonyl (C=O) groups is 1. The van der Waals surface area contributed by atoms with Gasteiger partial charge in [0.15, 0.2) is 0 Å². The van der Waals surface area contributed by atoms with Gasteiger partial charge in [-0.15, -0.1) is 12.4 Å². The van der Waals surface area contributed by atoms with Crippen LogP contribution in [-0.2, 0) is 4.79 Å².